The Balaban J connectivity index is 2.12. The Morgan fingerprint density at radius 1 is 1.53 bits per heavy atom. The molecule has 0 unspecified atom stereocenters. The van der Waals surface area contributed by atoms with Crippen molar-refractivity contribution in [2.75, 3.05) is 25.1 Å². The molecule has 0 aromatic heterocycles. The predicted octanol–water partition coefficient (Wildman–Crippen LogP) is 2.45. The minimum absolute atomic E-state index is 0.306. The number of benzene rings is 1. The third-order valence-corrected chi connectivity index (χ3v) is 2.63. The van der Waals surface area contributed by atoms with Crippen LogP contribution in [0.5, 0.6) is 5.75 Å². The Morgan fingerprint density at radius 3 is 3.24 bits per heavy atom. The Bertz CT molecular complexity index is 404. The molecule has 1 aliphatic heterocycles. The van der Waals surface area contributed by atoms with Crippen LogP contribution in [0.3, 0.4) is 0 Å². The number of ether oxygens (including phenoxy) is 2. The van der Waals surface area contributed by atoms with Gasteiger partial charge in [-0.3, -0.25) is 0 Å². The van der Waals surface area contributed by atoms with Crippen molar-refractivity contribution in [2.24, 2.45) is 0 Å². The van der Waals surface area contributed by atoms with Crippen LogP contribution in [0.25, 0.3) is 0 Å². The third-order valence-electron chi connectivity index (χ3n) is 2.63. The van der Waals surface area contributed by atoms with Gasteiger partial charge in [0, 0.05) is 6.54 Å². The van der Waals surface area contributed by atoms with E-state index in [0.29, 0.717) is 24.5 Å². The van der Waals surface area contributed by atoms with E-state index in [1.165, 1.54) is 0 Å². The number of rotatable bonds is 4. The zero-order valence-electron chi connectivity index (χ0n) is 9.99. The molecular formula is C13H17NO3. The van der Waals surface area contributed by atoms with Crippen LogP contribution in [-0.2, 0) is 4.74 Å². The third kappa shape index (κ3) is 2.70. The highest BCUT2D eigenvalue weighted by Gasteiger charge is 2.19. The zero-order valence-corrected chi connectivity index (χ0v) is 9.99. The van der Waals surface area contributed by atoms with Crippen LogP contribution >= 0.6 is 0 Å². The summed E-state index contributed by atoms with van der Waals surface area (Å²) in [4.78, 5) is 11.9. The molecule has 1 N–H and O–H groups in total. The summed E-state index contributed by atoms with van der Waals surface area (Å²) in [7, 11) is 0. The fraction of sp³-hybridized carbons (Fsp3) is 0.462. The second-order valence-electron chi connectivity index (χ2n) is 3.95. The Hall–Kier alpha value is -1.71. The van der Waals surface area contributed by atoms with Crippen molar-refractivity contribution in [1.29, 1.82) is 0 Å². The molecule has 1 aromatic carbocycles. The maximum atomic E-state index is 11.9. The summed E-state index contributed by atoms with van der Waals surface area (Å²) < 4.78 is 10.7. The minimum Gasteiger partial charge on any atom is -0.489 e. The standard InChI is InChI=1S/C13H17NO3/c1-2-3-8-17-13(15)10-5-4-6-11-12(10)16-9-7-14-11/h4-6,14H,2-3,7-9H2,1H3. The first-order valence-electron chi connectivity index (χ1n) is 5.99. The van der Waals surface area contributed by atoms with Crippen molar-refractivity contribution in [1.82, 2.24) is 0 Å². The Labute approximate surface area is 101 Å². The second kappa shape index (κ2) is 5.57. The molecule has 4 nitrogen and oxygen atoms in total. The van der Waals surface area contributed by atoms with Gasteiger partial charge in [-0.2, -0.15) is 0 Å². The molecule has 0 spiro atoms. The molecule has 0 bridgehead atoms. The molecular weight excluding hydrogens is 218 g/mol. The molecule has 4 heteroatoms. The number of nitrogens with one attached hydrogen (secondary N) is 1. The normalized spacial score (nSPS) is 13.2. The smallest absolute Gasteiger partial charge is 0.342 e. The van der Waals surface area contributed by atoms with Gasteiger partial charge >= 0.3 is 5.97 Å². The van der Waals surface area contributed by atoms with Gasteiger partial charge in [0.05, 0.1) is 12.3 Å². The molecule has 17 heavy (non-hydrogen) atoms. The summed E-state index contributed by atoms with van der Waals surface area (Å²) in [6.45, 7) is 3.87. The highest BCUT2D eigenvalue weighted by Crippen LogP contribution is 2.31. The van der Waals surface area contributed by atoms with E-state index in [1.54, 1.807) is 6.07 Å². The van der Waals surface area contributed by atoms with E-state index in [4.69, 9.17) is 9.47 Å². The lowest BCUT2D eigenvalue weighted by atomic mass is 10.1. The topological polar surface area (TPSA) is 47.6 Å². The van der Waals surface area contributed by atoms with E-state index in [0.717, 1.165) is 25.1 Å². The zero-order chi connectivity index (χ0) is 12.1. The number of hydrogen-bond donors (Lipinski definition) is 1. The Morgan fingerprint density at radius 2 is 2.41 bits per heavy atom. The molecule has 1 aliphatic rings. The van der Waals surface area contributed by atoms with Gasteiger partial charge in [-0.1, -0.05) is 19.4 Å². The van der Waals surface area contributed by atoms with Gasteiger partial charge in [-0.15, -0.1) is 0 Å². The summed E-state index contributed by atoms with van der Waals surface area (Å²) in [5.74, 6) is 0.305. The molecule has 0 saturated heterocycles. The fourth-order valence-electron chi connectivity index (χ4n) is 1.72. The SMILES string of the molecule is CCCCOC(=O)c1cccc2c1OCCN2. The summed E-state index contributed by atoms with van der Waals surface area (Å²) in [6.07, 6.45) is 1.90. The van der Waals surface area contributed by atoms with Gasteiger partial charge in [0.1, 0.15) is 12.2 Å². The summed E-state index contributed by atoms with van der Waals surface area (Å²) in [6, 6.07) is 5.47. The number of hydrogen-bond acceptors (Lipinski definition) is 4. The number of fused-ring (bicyclic) bond motifs is 1. The van der Waals surface area contributed by atoms with Crippen molar-refractivity contribution >= 4 is 11.7 Å². The van der Waals surface area contributed by atoms with Crippen LogP contribution in [0.1, 0.15) is 30.1 Å². The lowest BCUT2D eigenvalue weighted by Crippen LogP contribution is -2.20. The summed E-state index contributed by atoms with van der Waals surface area (Å²) >= 11 is 0. The number of carbonyl (C=O) groups is 1. The van der Waals surface area contributed by atoms with E-state index in [1.807, 2.05) is 12.1 Å². The molecule has 2 rings (SSSR count). The number of para-hydroxylation sites is 1. The number of unbranched alkanes of at least 4 members (excludes halogenated alkanes) is 1. The molecule has 0 fully saturated rings. The van der Waals surface area contributed by atoms with Crippen molar-refractivity contribution in [3.63, 3.8) is 0 Å². The molecule has 1 heterocycles. The number of carbonyl (C=O) groups excluding carboxylic acids is 1. The predicted molar refractivity (Wildman–Crippen MR) is 65.6 cm³/mol. The van der Waals surface area contributed by atoms with Crippen LogP contribution in [0.15, 0.2) is 18.2 Å². The van der Waals surface area contributed by atoms with Gasteiger partial charge < -0.3 is 14.8 Å². The maximum Gasteiger partial charge on any atom is 0.342 e. The quantitative estimate of drug-likeness (QED) is 0.643. The highest BCUT2D eigenvalue weighted by molar-refractivity contribution is 5.95. The molecule has 1 aromatic rings. The highest BCUT2D eigenvalue weighted by atomic mass is 16.5. The van der Waals surface area contributed by atoms with Crippen molar-refractivity contribution in [3.05, 3.63) is 23.8 Å². The molecule has 0 aliphatic carbocycles. The first-order valence-corrected chi connectivity index (χ1v) is 5.99. The minimum atomic E-state index is -0.306. The van der Waals surface area contributed by atoms with Gasteiger partial charge in [-0.25, -0.2) is 4.79 Å². The monoisotopic (exact) mass is 235 g/mol. The van der Waals surface area contributed by atoms with E-state index in [2.05, 4.69) is 12.2 Å². The van der Waals surface area contributed by atoms with Gasteiger partial charge in [0.25, 0.3) is 0 Å². The van der Waals surface area contributed by atoms with E-state index in [-0.39, 0.29) is 5.97 Å². The summed E-state index contributed by atoms with van der Waals surface area (Å²) in [5, 5.41) is 3.19. The van der Waals surface area contributed by atoms with Gasteiger partial charge in [0.15, 0.2) is 5.75 Å². The van der Waals surface area contributed by atoms with Crippen LogP contribution < -0.4 is 10.1 Å². The van der Waals surface area contributed by atoms with Crippen LogP contribution in [0.2, 0.25) is 0 Å². The lowest BCUT2D eigenvalue weighted by molar-refractivity contribution is 0.0495. The average Bonchev–Trinajstić information content (AvgIpc) is 2.38. The van der Waals surface area contributed by atoms with Crippen molar-refractivity contribution in [2.45, 2.75) is 19.8 Å². The second-order valence-corrected chi connectivity index (χ2v) is 3.95. The van der Waals surface area contributed by atoms with Crippen LogP contribution in [-0.4, -0.2) is 25.7 Å². The number of esters is 1. The average molecular weight is 235 g/mol. The van der Waals surface area contributed by atoms with E-state index >= 15 is 0 Å². The molecule has 0 radical (unpaired) electrons. The maximum absolute atomic E-state index is 11.9. The van der Waals surface area contributed by atoms with E-state index in [9.17, 15) is 4.79 Å². The molecule has 0 amide bonds. The fourth-order valence-corrected chi connectivity index (χ4v) is 1.72. The lowest BCUT2D eigenvalue weighted by Gasteiger charge is -2.21. The van der Waals surface area contributed by atoms with Gasteiger partial charge in [0.2, 0.25) is 0 Å². The molecule has 0 atom stereocenters. The molecule has 0 saturated carbocycles. The van der Waals surface area contributed by atoms with Crippen LogP contribution in [0, 0.1) is 0 Å². The first kappa shape index (κ1) is 11.8. The first-order chi connectivity index (χ1) is 8.33. The molecule has 92 valence electrons. The van der Waals surface area contributed by atoms with Gasteiger partial charge in [-0.05, 0) is 18.6 Å². The summed E-state index contributed by atoms with van der Waals surface area (Å²) in [5.41, 5.74) is 1.37. The van der Waals surface area contributed by atoms with Crippen molar-refractivity contribution in [3.8, 4) is 5.75 Å². The van der Waals surface area contributed by atoms with E-state index < -0.39 is 0 Å². The van der Waals surface area contributed by atoms with Crippen molar-refractivity contribution < 1.29 is 14.3 Å². The van der Waals surface area contributed by atoms with Crippen LogP contribution in [0.4, 0.5) is 5.69 Å². The largest absolute Gasteiger partial charge is 0.489 e. The Kier molecular flexibility index (Phi) is 3.85. The number of anilines is 1.